The lowest BCUT2D eigenvalue weighted by Crippen LogP contribution is -2.36. The molecule has 0 saturated carbocycles. The molecule has 2 heterocycles. The van der Waals surface area contributed by atoms with Crippen LogP contribution in [0.4, 0.5) is 0 Å². The Kier molecular flexibility index (Phi) is 4.31. The molecule has 1 aliphatic heterocycles. The number of carboxylic acids is 1. The van der Waals surface area contributed by atoms with E-state index >= 15 is 0 Å². The lowest BCUT2D eigenvalue weighted by atomic mass is 10.2. The number of thioether (sulfide) groups is 1. The van der Waals surface area contributed by atoms with E-state index < -0.39 is 16.0 Å². The van der Waals surface area contributed by atoms with Crippen molar-refractivity contribution in [3.8, 4) is 0 Å². The largest absolute Gasteiger partial charge is 0.477 e. The lowest BCUT2D eigenvalue weighted by Gasteiger charge is -2.21. The second kappa shape index (κ2) is 5.60. The highest BCUT2D eigenvalue weighted by atomic mass is 32.2. The minimum absolute atomic E-state index is 0.0355. The summed E-state index contributed by atoms with van der Waals surface area (Å²) in [6, 6.07) is 2.62. The molecule has 0 unspecified atom stereocenters. The fraction of sp³-hybridized carbons (Fsp3) is 0.500. The van der Waals surface area contributed by atoms with Gasteiger partial charge in [0, 0.05) is 6.04 Å². The van der Waals surface area contributed by atoms with E-state index in [4.69, 9.17) is 5.11 Å². The molecule has 0 radical (unpaired) electrons. The SMILES string of the molecule is O=C(O)c1ccc(S(=O)(=O)NC2CCSCC2)s1. The number of hydrogen-bond acceptors (Lipinski definition) is 5. The molecule has 0 bridgehead atoms. The smallest absolute Gasteiger partial charge is 0.345 e. The molecular weight excluding hydrogens is 294 g/mol. The van der Waals surface area contributed by atoms with E-state index in [1.54, 1.807) is 0 Å². The number of hydrogen-bond donors (Lipinski definition) is 2. The van der Waals surface area contributed by atoms with Gasteiger partial charge in [0.1, 0.15) is 9.09 Å². The molecule has 0 atom stereocenters. The Bertz CT molecular complexity index is 531. The van der Waals surface area contributed by atoms with Gasteiger partial charge in [0.15, 0.2) is 0 Å². The van der Waals surface area contributed by atoms with E-state index in [0.717, 1.165) is 35.7 Å². The third-order valence-electron chi connectivity index (χ3n) is 2.60. The molecule has 18 heavy (non-hydrogen) atoms. The van der Waals surface area contributed by atoms with E-state index in [0.29, 0.717) is 0 Å². The normalized spacial score (nSPS) is 17.8. The molecule has 1 fully saturated rings. The van der Waals surface area contributed by atoms with Crippen molar-refractivity contribution >= 4 is 39.1 Å². The van der Waals surface area contributed by atoms with Crippen molar-refractivity contribution in [1.29, 1.82) is 0 Å². The predicted molar refractivity (Wildman–Crippen MR) is 71.9 cm³/mol. The Morgan fingerprint density at radius 1 is 1.33 bits per heavy atom. The average Bonchev–Trinajstić information content (AvgIpc) is 2.79. The van der Waals surface area contributed by atoms with Gasteiger partial charge in [-0.1, -0.05) is 0 Å². The topological polar surface area (TPSA) is 83.5 Å². The van der Waals surface area contributed by atoms with Gasteiger partial charge in [-0.25, -0.2) is 17.9 Å². The van der Waals surface area contributed by atoms with E-state index in [2.05, 4.69) is 4.72 Å². The Balaban J connectivity index is 2.11. The second-order valence-corrected chi connectivity index (χ2v) is 8.18. The molecule has 0 spiro atoms. The third kappa shape index (κ3) is 3.25. The highest BCUT2D eigenvalue weighted by Crippen LogP contribution is 2.24. The van der Waals surface area contributed by atoms with Crippen molar-refractivity contribution < 1.29 is 18.3 Å². The summed E-state index contributed by atoms with van der Waals surface area (Å²) >= 11 is 2.60. The quantitative estimate of drug-likeness (QED) is 0.883. The Labute approximate surface area is 114 Å². The van der Waals surface area contributed by atoms with Gasteiger partial charge in [-0.05, 0) is 36.5 Å². The van der Waals surface area contributed by atoms with Gasteiger partial charge in [-0.2, -0.15) is 11.8 Å². The minimum atomic E-state index is -3.58. The first-order valence-corrected chi connectivity index (χ1v) is 8.88. The molecule has 8 heteroatoms. The summed E-state index contributed by atoms with van der Waals surface area (Å²) in [7, 11) is -3.58. The highest BCUT2D eigenvalue weighted by Gasteiger charge is 2.24. The van der Waals surface area contributed by atoms with Crippen LogP contribution in [0.15, 0.2) is 16.3 Å². The number of aromatic carboxylic acids is 1. The van der Waals surface area contributed by atoms with Crippen molar-refractivity contribution in [1.82, 2.24) is 4.72 Å². The van der Waals surface area contributed by atoms with Gasteiger partial charge in [0.05, 0.1) is 0 Å². The predicted octanol–water partition coefficient (Wildman–Crippen LogP) is 1.62. The monoisotopic (exact) mass is 307 g/mol. The fourth-order valence-electron chi connectivity index (χ4n) is 1.67. The van der Waals surface area contributed by atoms with Crippen LogP contribution in [-0.2, 0) is 10.0 Å². The summed E-state index contributed by atoms with van der Waals surface area (Å²) in [4.78, 5) is 10.8. The summed E-state index contributed by atoms with van der Waals surface area (Å²) in [5.41, 5.74) is 0. The number of carboxylic acid groups (broad SMARTS) is 1. The zero-order valence-electron chi connectivity index (χ0n) is 9.46. The van der Waals surface area contributed by atoms with Crippen LogP contribution in [0.1, 0.15) is 22.5 Å². The van der Waals surface area contributed by atoms with Crippen LogP contribution in [0.25, 0.3) is 0 Å². The molecule has 0 aromatic carbocycles. The van der Waals surface area contributed by atoms with Crippen molar-refractivity contribution in [3.05, 3.63) is 17.0 Å². The number of carbonyl (C=O) groups is 1. The van der Waals surface area contributed by atoms with Gasteiger partial charge in [-0.3, -0.25) is 0 Å². The molecule has 1 aromatic rings. The molecule has 0 amide bonds. The molecular formula is C10H13NO4S3. The molecule has 5 nitrogen and oxygen atoms in total. The van der Waals surface area contributed by atoms with E-state index in [1.807, 2.05) is 11.8 Å². The lowest BCUT2D eigenvalue weighted by molar-refractivity contribution is 0.0702. The first kappa shape index (κ1) is 13.9. The summed E-state index contributed by atoms with van der Waals surface area (Å²) < 4.78 is 26.8. The van der Waals surface area contributed by atoms with Crippen LogP contribution in [0.3, 0.4) is 0 Å². The third-order valence-corrected chi connectivity index (χ3v) is 6.73. The van der Waals surface area contributed by atoms with Gasteiger partial charge >= 0.3 is 5.97 Å². The van der Waals surface area contributed by atoms with Crippen LogP contribution >= 0.6 is 23.1 Å². The highest BCUT2D eigenvalue weighted by molar-refractivity contribution is 7.99. The van der Waals surface area contributed by atoms with Gasteiger partial charge < -0.3 is 5.11 Å². The summed E-state index contributed by atoms with van der Waals surface area (Å²) in [5, 5.41) is 8.78. The minimum Gasteiger partial charge on any atom is -0.477 e. The maximum absolute atomic E-state index is 12.0. The van der Waals surface area contributed by atoms with E-state index in [9.17, 15) is 13.2 Å². The molecule has 1 aliphatic rings. The van der Waals surface area contributed by atoms with Gasteiger partial charge in [-0.15, -0.1) is 11.3 Å². The van der Waals surface area contributed by atoms with E-state index in [1.165, 1.54) is 12.1 Å². The summed E-state index contributed by atoms with van der Waals surface area (Å²) in [6.45, 7) is 0. The summed E-state index contributed by atoms with van der Waals surface area (Å²) in [5.74, 6) is 0.811. The van der Waals surface area contributed by atoms with Crippen molar-refractivity contribution in [2.24, 2.45) is 0 Å². The first-order chi connectivity index (χ1) is 8.49. The Hall–Kier alpha value is -0.570. The number of nitrogens with one attached hydrogen (secondary N) is 1. The number of thiophene rings is 1. The maximum atomic E-state index is 12.0. The first-order valence-electron chi connectivity index (χ1n) is 5.42. The zero-order chi connectivity index (χ0) is 13.2. The van der Waals surface area contributed by atoms with Crippen LogP contribution in [-0.4, -0.2) is 37.0 Å². The van der Waals surface area contributed by atoms with Crippen LogP contribution < -0.4 is 4.72 Å². The number of sulfonamides is 1. The molecule has 2 N–H and O–H groups in total. The number of rotatable bonds is 4. The van der Waals surface area contributed by atoms with Crippen LogP contribution in [0.5, 0.6) is 0 Å². The average molecular weight is 307 g/mol. The van der Waals surface area contributed by atoms with Crippen molar-refractivity contribution in [3.63, 3.8) is 0 Å². The molecule has 100 valence electrons. The van der Waals surface area contributed by atoms with E-state index in [-0.39, 0.29) is 15.1 Å². The molecule has 1 saturated heterocycles. The zero-order valence-corrected chi connectivity index (χ0v) is 11.9. The molecule has 0 aliphatic carbocycles. The Morgan fingerprint density at radius 3 is 2.56 bits per heavy atom. The van der Waals surface area contributed by atoms with Crippen molar-refractivity contribution in [2.75, 3.05) is 11.5 Å². The molecule has 1 aromatic heterocycles. The summed E-state index contributed by atoms with van der Waals surface area (Å²) in [6.07, 6.45) is 1.64. The standard InChI is InChI=1S/C10H13NO4S3/c12-10(13)8-1-2-9(17-8)18(14,15)11-7-3-5-16-6-4-7/h1-2,7,11H,3-6H2,(H,12,13). The van der Waals surface area contributed by atoms with Gasteiger partial charge in [0.2, 0.25) is 10.0 Å². The molecule has 2 rings (SSSR count). The Morgan fingerprint density at radius 2 is 2.00 bits per heavy atom. The van der Waals surface area contributed by atoms with Crippen LogP contribution in [0, 0.1) is 0 Å². The fourth-order valence-corrected chi connectivity index (χ4v) is 5.25. The second-order valence-electron chi connectivity index (χ2n) is 3.93. The van der Waals surface area contributed by atoms with Gasteiger partial charge in [0.25, 0.3) is 0 Å². The maximum Gasteiger partial charge on any atom is 0.345 e. The van der Waals surface area contributed by atoms with Crippen molar-refractivity contribution in [2.45, 2.75) is 23.1 Å². The van der Waals surface area contributed by atoms with Crippen LogP contribution in [0.2, 0.25) is 0 Å².